The molecule has 0 radical (unpaired) electrons. The lowest BCUT2D eigenvalue weighted by atomic mass is 10.0. The first-order chi connectivity index (χ1) is 11.2. The molecule has 0 aromatic heterocycles. The van der Waals surface area contributed by atoms with Crippen LogP contribution in [0.2, 0.25) is 5.02 Å². The molecule has 1 unspecified atom stereocenters. The average molecular weight is 353 g/mol. The van der Waals surface area contributed by atoms with Crippen molar-refractivity contribution in [2.75, 3.05) is 0 Å². The maximum absolute atomic E-state index is 12.5. The molecule has 24 heavy (non-hydrogen) atoms. The highest BCUT2D eigenvalue weighted by atomic mass is 35.5. The summed E-state index contributed by atoms with van der Waals surface area (Å²) in [6.07, 6.45) is 1.99. The number of rotatable bonds is 8. The van der Waals surface area contributed by atoms with Crippen molar-refractivity contribution in [1.82, 2.24) is 10.6 Å². The fraction of sp³-hybridized carbons (Fsp3) is 0.579. The molecule has 0 aliphatic heterocycles. The number of carbonyl (C=O) groups is 2. The molecule has 4 nitrogen and oxygen atoms in total. The van der Waals surface area contributed by atoms with Gasteiger partial charge in [-0.05, 0) is 55.9 Å². The normalized spacial score (nSPS) is 13.7. The zero-order valence-corrected chi connectivity index (χ0v) is 16.0. The molecular weight excluding hydrogens is 324 g/mol. The van der Waals surface area contributed by atoms with Gasteiger partial charge in [-0.25, -0.2) is 0 Å². The first kappa shape index (κ1) is 20.5. The lowest BCUT2D eigenvalue weighted by molar-refractivity contribution is -0.124. The van der Waals surface area contributed by atoms with Gasteiger partial charge >= 0.3 is 0 Å². The van der Waals surface area contributed by atoms with Gasteiger partial charge in [0, 0.05) is 16.6 Å². The van der Waals surface area contributed by atoms with Crippen LogP contribution in [-0.4, -0.2) is 23.9 Å². The standard InChI is InChI=1S/C19H29ClN2O2/c1-12(2)6-7-14(5)21-19(24)17(13(3)4)22-18(23)15-8-10-16(20)11-9-15/h8-14,17H,6-7H2,1-5H3,(H,21,24)(H,22,23)/t14?,17-/m0/s1. The van der Waals surface area contributed by atoms with E-state index >= 15 is 0 Å². The van der Waals surface area contributed by atoms with Gasteiger partial charge in [0.25, 0.3) is 5.91 Å². The molecule has 0 aliphatic carbocycles. The number of halogens is 1. The van der Waals surface area contributed by atoms with Gasteiger partial charge in [-0.15, -0.1) is 0 Å². The summed E-state index contributed by atoms with van der Waals surface area (Å²) in [7, 11) is 0. The summed E-state index contributed by atoms with van der Waals surface area (Å²) in [4.78, 5) is 24.9. The van der Waals surface area contributed by atoms with Crippen molar-refractivity contribution in [2.45, 2.75) is 59.5 Å². The molecule has 0 saturated heterocycles. The molecule has 2 atom stereocenters. The summed E-state index contributed by atoms with van der Waals surface area (Å²) in [5.41, 5.74) is 0.491. The Morgan fingerprint density at radius 2 is 1.54 bits per heavy atom. The van der Waals surface area contributed by atoms with Gasteiger partial charge in [-0.3, -0.25) is 9.59 Å². The highest BCUT2D eigenvalue weighted by Gasteiger charge is 2.25. The monoisotopic (exact) mass is 352 g/mol. The van der Waals surface area contributed by atoms with Gasteiger partial charge in [0.15, 0.2) is 0 Å². The molecule has 0 saturated carbocycles. The highest BCUT2D eigenvalue weighted by Crippen LogP contribution is 2.11. The van der Waals surface area contributed by atoms with Crippen LogP contribution in [0.15, 0.2) is 24.3 Å². The van der Waals surface area contributed by atoms with Crippen molar-refractivity contribution in [3.05, 3.63) is 34.9 Å². The topological polar surface area (TPSA) is 58.2 Å². The Balaban J connectivity index is 2.67. The number of amides is 2. The van der Waals surface area contributed by atoms with Crippen LogP contribution < -0.4 is 10.6 Å². The van der Waals surface area contributed by atoms with E-state index in [1.165, 1.54) is 0 Å². The summed E-state index contributed by atoms with van der Waals surface area (Å²) < 4.78 is 0. The molecule has 0 spiro atoms. The second kappa shape index (κ2) is 9.67. The Hall–Kier alpha value is -1.55. The largest absolute Gasteiger partial charge is 0.352 e. The van der Waals surface area contributed by atoms with E-state index in [-0.39, 0.29) is 23.8 Å². The molecule has 0 bridgehead atoms. The molecule has 0 heterocycles. The molecule has 2 amide bonds. The first-order valence-electron chi connectivity index (χ1n) is 8.57. The molecule has 1 aromatic rings. The fourth-order valence-corrected chi connectivity index (χ4v) is 2.47. The Morgan fingerprint density at radius 1 is 0.958 bits per heavy atom. The van der Waals surface area contributed by atoms with Crippen LogP contribution in [0.25, 0.3) is 0 Å². The minimum atomic E-state index is -0.560. The van der Waals surface area contributed by atoms with E-state index in [1.807, 2.05) is 20.8 Å². The van der Waals surface area contributed by atoms with Crippen molar-refractivity contribution in [3.63, 3.8) is 0 Å². The van der Waals surface area contributed by atoms with Crippen LogP contribution in [0.4, 0.5) is 0 Å². The predicted octanol–water partition coefficient (Wildman–Crippen LogP) is 4.04. The summed E-state index contributed by atoms with van der Waals surface area (Å²) in [5, 5.41) is 6.41. The third-order valence-corrected chi connectivity index (χ3v) is 4.16. The second-order valence-corrected chi connectivity index (χ2v) is 7.52. The Bertz CT molecular complexity index is 541. The molecule has 0 fully saturated rings. The molecule has 0 aliphatic rings. The Labute approximate surface area is 150 Å². The van der Waals surface area contributed by atoms with E-state index in [0.29, 0.717) is 16.5 Å². The molecule has 134 valence electrons. The first-order valence-corrected chi connectivity index (χ1v) is 8.95. The molecule has 2 N–H and O–H groups in total. The Kier molecular flexibility index (Phi) is 8.26. The van der Waals surface area contributed by atoms with Crippen molar-refractivity contribution in [3.8, 4) is 0 Å². The van der Waals surface area contributed by atoms with E-state index in [4.69, 9.17) is 11.6 Å². The highest BCUT2D eigenvalue weighted by molar-refractivity contribution is 6.30. The van der Waals surface area contributed by atoms with Crippen molar-refractivity contribution in [2.24, 2.45) is 11.8 Å². The molecule has 1 rings (SSSR count). The van der Waals surface area contributed by atoms with Gasteiger partial charge in [0.2, 0.25) is 5.91 Å². The maximum atomic E-state index is 12.5. The SMILES string of the molecule is CC(C)CCC(C)NC(=O)[C@@H](NC(=O)c1ccc(Cl)cc1)C(C)C. The number of benzene rings is 1. The fourth-order valence-electron chi connectivity index (χ4n) is 2.35. The second-order valence-electron chi connectivity index (χ2n) is 7.08. The van der Waals surface area contributed by atoms with Gasteiger partial charge in [-0.1, -0.05) is 39.3 Å². The molecular formula is C19H29ClN2O2. The zero-order chi connectivity index (χ0) is 18.3. The van der Waals surface area contributed by atoms with Gasteiger partial charge < -0.3 is 10.6 Å². The van der Waals surface area contributed by atoms with E-state index < -0.39 is 6.04 Å². The number of hydrogen-bond acceptors (Lipinski definition) is 2. The predicted molar refractivity (Wildman–Crippen MR) is 99.2 cm³/mol. The van der Waals surface area contributed by atoms with Crippen LogP contribution in [0.5, 0.6) is 0 Å². The third-order valence-electron chi connectivity index (χ3n) is 3.91. The summed E-state index contributed by atoms with van der Waals surface area (Å²) in [5.74, 6) is 0.201. The van der Waals surface area contributed by atoms with Crippen molar-refractivity contribution < 1.29 is 9.59 Å². The average Bonchev–Trinajstić information content (AvgIpc) is 2.50. The summed E-state index contributed by atoms with van der Waals surface area (Å²) in [6.45, 7) is 10.2. The molecule has 1 aromatic carbocycles. The van der Waals surface area contributed by atoms with Crippen molar-refractivity contribution in [1.29, 1.82) is 0 Å². The minimum Gasteiger partial charge on any atom is -0.352 e. The number of carbonyl (C=O) groups excluding carboxylic acids is 2. The van der Waals surface area contributed by atoms with Crippen LogP contribution in [-0.2, 0) is 4.79 Å². The van der Waals surface area contributed by atoms with E-state index in [0.717, 1.165) is 12.8 Å². The van der Waals surface area contributed by atoms with Crippen molar-refractivity contribution >= 4 is 23.4 Å². The van der Waals surface area contributed by atoms with E-state index in [2.05, 4.69) is 24.5 Å². The van der Waals surface area contributed by atoms with Crippen LogP contribution in [0.1, 0.15) is 57.8 Å². The van der Waals surface area contributed by atoms with Gasteiger partial charge in [-0.2, -0.15) is 0 Å². The van der Waals surface area contributed by atoms with Gasteiger partial charge in [0.1, 0.15) is 6.04 Å². The number of hydrogen-bond donors (Lipinski definition) is 2. The molecule has 5 heteroatoms. The maximum Gasteiger partial charge on any atom is 0.251 e. The third kappa shape index (κ3) is 6.91. The summed E-state index contributed by atoms with van der Waals surface area (Å²) >= 11 is 5.84. The lowest BCUT2D eigenvalue weighted by Crippen LogP contribution is -2.51. The minimum absolute atomic E-state index is 0.00134. The smallest absolute Gasteiger partial charge is 0.251 e. The van der Waals surface area contributed by atoms with E-state index in [9.17, 15) is 9.59 Å². The van der Waals surface area contributed by atoms with Crippen LogP contribution in [0.3, 0.4) is 0 Å². The van der Waals surface area contributed by atoms with Crippen LogP contribution >= 0.6 is 11.6 Å². The quantitative estimate of drug-likeness (QED) is 0.741. The van der Waals surface area contributed by atoms with Gasteiger partial charge in [0.05, 0.1) is 0 Å². The zero-order valence-electron chi connectivity index (χ0n) is 15.2. The lowest BCUT2D eigenvalue weighted by Gasteiger charge is -2.24. The van der Waals surface area contributed by atoms with Crippen LogP contribution in [0, 0.1) is 11.8 Å². The van der Waals surface area contributed by atoms with E-state index in [1.54, 1.807) is 24.3 Å². The summed E-state index contributed by atoms with van der Waals surface area (Å²) in [6, 6.07) is 6.16. The Morgan fingerprint density at radius 3 is 2.04 bits per heavy atom. The number of nitrogens with one attached hydrogen (secondary N) is 2.